The minimum absolute atomic E-state index is 0.0300. The van der Waals surface area contributed by atoms with Crippen LogP contribution < -0.4 is 20.7 Å². The molecule has 1 atom stereocenters. The van der Waals surface area contributed by atoms with Crippen molar-refractivity contribution in [2.75, 3.05) is 30.8 Å². The normalized spacial score (nSPS) is 14.9. The van der Waals surface area contributed by atoms with Gasteiger partial charge in [0.05, 0.1) is 5.52 Å². The first-order valence-electron chi connectivity index (χ1n) is 11.8. The van der Waals surface area contributed by atoms with Crippen molar-refractivity contribution in [3.63, 3.8) is 0 Å². The third kappa shape index (κ3) is 5.60. The minimum atomic E-state index is -0.304. The number of benzene rings is 2. The molecule has 3 N–H and O–H groups in total. The quantitative estimate of drug-likeness (QED) is 0.290. The van der Waals surface area contributed by atoms with Crippen LogP contribution in [0.1, 0.15) is 16.8 Å². The molecule has 2 aromatic heterocycles. The van der Waals surface area contributed by atoms with Crippen LogP contribution >= 0.6 is 11.3 Å². The van der Waals surface area contributed by atoms with Crippen molar-refractivity contribution in [1.82, 2.24) is 20.2 Å². The number of hydrogen-bond acceptors (Lipinski definition) is 8. The van der Waals surface area contributed by atoms with Crippen LogP contribution in [0.4, 0.5) is 17.3 Å². The smallest absolute Gasteiger partial charge is 0.253 e. The molecule has 5 rings (SSSR count). The summed E-state index contributed by atoms with van der Waals surface area (Å²) >= 11 is 1.48. The number of carbonyl (C=O) groups is 2. The number of fused-ring (bicyclic) bond motifs is 1. The predicted molar refractivity (Wildman–Crippen MR) is 146 cm³/mol. The van der Waals surface area contributed by atoms with Crippen molar-refractivity contribution in [3.05, 3.63) is 78.2 Å². The van der Waals surface area contributed by atoms with Crippen molar-refractivity contribution < 1.29 is 14.3 Å². The molecular weight excluding hydrogens is 488 g/mol. The molecule has 0 spiro atoms. The maximum Gasteiger partial charge on any atom is 0.253 e. The summed E-state index contributed by atoms with van der Waals surface area (Å²) in [7, 11) is 1.92. The lowest BCUT2D eigenvalue weighted by atomic mass is 10.2. The molecule has 1 saturated heterocycles. The Morgan fingerprint density at radius 1 is 1.14 bits per heavy atom. The van der Waals surface area contributed by atoms with Gasteiger partial charge >= 0.3 is 0 Å². The third-order valence-corrected chi connectivity index (χ3v) is 6.94. The van der Waals surface area contributed by atoms with Crippen molar-refractivity contribution in [2.24, 2.45) is 0 Å². The summed E-state index contributed by atoms with van der Waals surface area (Å²) in [6.07, 6.45) is 2.17. The van der Waals surface area contributed by atoms with E-state index in [0.29, 0.717) is 34.9 Å². The van der Waals surface area contributed by atoms with E-state index < -0.39 is 0 Å². The van der Waals surface area contributed by atoms with Crippen molar-refractivity contribution in [1.29, 1.82) is 0 Å². The average Bonchev–Trinajstić information content (AvgIpc) is 3.59. The molecular formula is C27H26N6O3S. The van der Waals surface area contributed by atoms with E-state index in [-0.39, 0.29) is 11.8 Å². The van der Waals surface area contributed by atoms with Crippen LogP contribution in [0.5, 0.6) is 11.6 Å². The lowest BCUT2D eigenvalue weighted by Gasteiger charge is -2.16. The number of nitrogens with zero attached hydrogens (tertiary/aromatic N) is 3. The van der Waals surface area contributed by atoms with Crippen LogP contribution in [0.2, 0.25) is 0 Å². The van der Waals surface area contributed by atoms with E-state index in [1.54, 1.807) is 36.4 Å². The van der Waals surface area contributed by atoms with Gasteiger partial charge in [0.1, 0.15) is 10.4 Å². The zero-order chi connectivity index (χ0) is 25.8. The van der Waals surface area contributed by atoms with Gasteiger partial charge in [-0.15, -0.1) is 11.3 Å². The first-order chi connectivity index (χ1) is 18.0. The molecule has 3 heterocycles. The Hall–Kier alpha value is -4.28. The zero-order valence-electron chi connectivity index (χ0n) is 20.2. The Morgan fingerprint density at radius 3 is 2.73 bits per heavy atom. The number of thiophene rings is 1. The van der Waals surface area contributed by atoms with E-state index in [0.717, 1.165) is 35.4 Å². The summed E-state index contributed by atoms with van der Waals surface area (Å²) in [5.74, 6) is 1.01. The van der Waals surface area contributed by atoms with Gasteiger partial charge in [0.25, 0.3) is 5.91 Å². The summed E-state index contributed by atoms with van der Waals surface area (Å²) < 4.78 is 6.90. The molecule has 0 bridgehead atoms. The number of likely N-dealkylation sites (N-methyl/N-ethyl adjacent to an activating group) is 1. The molecule has 188 valence electrons. The Labute approximate surface area is 218 Å². The fourth-order valence-electron chi connectivity index (χ4n) is 4.09. The van der Waals surface area contributed by atoms with Gasteiger partial charge in [-0.25, -0.2) is 4.98 Å². The van der Waals surface area contributed by atoms with Crippen LogP contribution in [0.25, 0.3) is 10.2 Å². The average molecular weight is 515 g/mol. The van der Waals surface area contributed by atoms with Crippen LogP contribution in [0.15, 0.2) is 72.6 Å². The summed E-state index contributed by atoms with van der Waals surface area (Å²) in [5.41, 5.74) is 2.72. The van der Waals surface area contributed by atoms with E-state index >= 15 is 0 Å². The topological polar surface area (TPSA) is 108 Å². The number of hydrogen-bond donors (Lipinski definition) is 3. The summed E-state index contributed by atoms with van der Waals surface area (Å²) in [6, 6.07) is 16.6. The molecule has 0 radical (unpaired) electrons. The van der Waals surface area contributed by atoms with Gasteiger partial charge in [0.15, 0.2) is 0 Å². The summed E-state index contributed by atoms with van der Waals surface area (Å²) in [6.45, 7) is 4.94. The number of ether oxygens (including phenoxy) is 1. The second-order valence-electron chi connectivity index (χ2n) is 8.54. The van der Waals surface area contributed by atoms with E-state index in [2.05, 4.69) is 32.5 Å². The minimum Gasteiger partial charge on any atom is -0.437 e. The molecule has 1 unspecified atom stereocenters. The zero-order valence-corrected chi connectivity index (χ0v) is 21.0. The molecule has 1 aliphatic rings. The number of anilines is 3. The second-order valence-corrected chi connectivity index (χ2v) is 9.45. The molecule has 1 fully saturated rings. The SMILES string of the molecule is C=CC(=O)Nc1cccc(Oc2nc(Nc3ccc(C(=O)N4CCC(NC)C4)cc3)nc3ccsc23)c1. The lowest BCUT2D eigenvalue weighted by molar-refractivity contribution is -0.111. The van der Waals surface area contributed by atoms with Gasteiger partial charge in [-0.1, -0.05) is 12.6 Å². The van der Waals surface area contributed by atoms with E-state index in [4.69, 9.17) is 4.74 Å². The Balaban J connectivity index is 1.33. The Bertz CT molecular complexity index is 1450. The van der Waals surface area contributed by atoms with Crippen LogP contribution in [-0.2, 0) is 4.79 Å². The molecule has 2 aromatic carbocycles. The largest absolute Gasteiger partial charge is 0.437 e. The highest BCUT2D eigenvalue weighted by Gasteiger charge is 2.25. The maximum absolute atomic E-state index is 12.8. The van der Waals surface area contributed by atoms with E-state index in [1.807, 2.05) is 35.5 Å². The van der Waals surface area contributed by atoms with Gasteiger partial charge in [0.2, 0.25) is 17.7 Å². The van der Waals surface area contributed by atoms with Gasteiger partial charge in [0, 0.05) is 42.1 Å². The number of carbonyl (C=O) groups excluding carboxylic acids is 2. The number of nitrogens with one attached hydrogen (secondary N) is 3. The Morgan fingerprint density at radius 2 is 1.97 bits per heavy atom. The van der Waals surface area contributed by atoms with Gasteiger partial charge in [-0.05, 0) is 67.4 Å². The fraction of sp³-hybridized carbons (Fsp3) is 0.185. The van der Waals surface area contributed by atoms with Crippen LogP contribution in [0, 0.1) is 0 Å². The van der Waals surface area contributed by atoms with Gasteiger partial charge < -0.3 is 25.6 Å². The van der Waals surface area contributed by atoms with Crippen molar-refractivity contribution in [2.45, 2.75) is 12.5 Å². The third-order valence-electron chi connectivity index (χ3n) is 6.05. The highest BCUT2D eigenvalue weighted by Crippen LogP contribution is 2.33. The standard InChI is InChI=1S/C27H26N6O3S/c1-3-23(34)29-19-5-4-6-21(15-19)36-25-24-22(12-14-37-24)31-27(32-25)30-18-9-7-17(8-10-18)26(35)33-13-11-20(16-33)28-2/h3-10,12,14-15,20,28H,1,11,13,16H2,2H3,(H,29,34)(H,30,31,32). The monoisotopic (exact) mass is 514 g/mol. The molecule has 9 nitrogen and oxygen atoms in total. The number of aromatic nitrogens is 2. The molecule has 0 saturated carbocycles. The van der Waals surface area contributed by atoms with Gasteiger partial charge in [-0.3, -0.25) is 9.59 Å². The van der Waals surface area contributed by atoms with E-state index in [1.165, 1.54) is 17.4 Å². The highest BCUT2D eigenvalue weighted by atomic mass is 32.1. The number of amides is 2. The molecule has 37 heavy (non-hydrogen) atoms. The first kappa shape index (κ1) is 24.4. The van der Waals surface area contributed by atoms with E-state index in [9.17, 15) is 9.59 Å². The maximum atomic E-state index is 12.8. The number of likely N-dealkylation sites (tertiary alicyclic amines) is 1. The molecule has 0 aliphatic carbocycles. The lowest BCUT2D eigenvalue weighted by Crippen LogP contribution is -2.33. The molecule has 10 heteroatoms. The van der Waals surface area contributed by atoms with Crippen LogP contribution in [0.3, 0.4) is 0 Å². The van der Waals surface area contributed by atoms with Crippen LogP contribution in [-0.4, -0.2) is 52.9 Å². The first-order valence-corrected chi connectivity index (χ1v) is 12.7. The predicted octanol–water partition coefficient (Wildman–Crippen LogP) is 4.79. The fourth-order valence-corrected chi connectivity index (χ4v) is 4.85. The number of rotatable bonds is 8. The molecule has 2 amide bonds. The summed E-state index contributed by atoms with van der Waals surface area (Å²) in [4.78, 5) is 35.5. The second kappa shape index (κ2) is 10.8. The Kier molecular flexibility index (Phi) is 7.11. The molecule has 1 aliphatic heterocycles. The molecule has 4 aromatic rings. The summed E-state index contributed by atoms with van der Waals surface area (Å²) in [5, 5.41) is 11.1. The van der Waals surface area contributed by atoms with Crippen molar-refractivity contribution >= 4 is 50.7 Å². The highest BCUT2D eigenvalue weighted by molar-refractivity contribution is 7.17. The van der Waals surface area contributed by atoms with Gasteiger partial charge in [-0.2, -0.15) is 4.98 Å². The van der Waals surface area contributed by atoms with Crippen molar-refractivity contribution in [3.8, 4) is 11.6 Å².